The number of aliphatic hydroxyl groups excluding tert-OH is 1. The molecule has 1 amide bonds. The van der Waals surface area contributed by atoms with Crippen molar-refractivity contribution in [3.05, 3.63) is 35.6 Å². The monoisotopic (exact) mass is 348 g/mol. The average Bonchev–Trinajstić information content (AvgIpc) is 2.95. The summed E-state index contributed by atoms with van der Waals surface area (Å²) >= 11 is 0. The zero-order valence-electron chi connectivity index (χ0n) is 13.0. The second kappa shape index (κ2) is 7.94. The van der Waals surface area contributed by atoms with Crippen LogP contribution in [0.4, 0.5) is 17.6 Å². The van der Waals surface area contributed by atoms with Gasteiger partial charge >= 0.3 is 6.18 Å². The Kier molecular flexibility index (Phi) is 6.17. The van der Waals surface area contributed by atoms with Crippen molar-refractivity contribution >= 4 is 5.91 Å². The lowest BCUT2D eigenvalue weighted by atomic mass is 10.1. The molecule has 1 aromatic carbocycles. The molecule has 0 aromatic heterocycles. The number of amides is 1. The Morgan fingerprint density at radius 2 is 2.00 bits per heavy atom. The molecule has 1 fully saturated rings. The van der Waals surface area contributed by atoms with E-state index in [-0.39, 0.29) is 18.8 Å². The van der Waals surface area contributed by atoms with Crippen molar-refractivity contribution in [2.24, 2.45) is 0 Å². The fourth-order valence-corrected chi connectivity index (χ4v) is 2.86. The predicted octanol–water partition coefficient (Wildman–Crippen LogP) is 1.87. The van der Waals surface area contributed by atoms with E-state index in [0.717, 1.165) is 5.56 Å². The average molecular weight is 348 g/mol. The number of carbonyl (C=O) groups excluding carboxylic acids is 1. The fraction of sp³-hybridized carbons (Fsp3) is 0.562. The largest absolute Gasteiger partial charge is 0.415 e. The Balaban J connectivity index is 1.78. The van der Waals surface area contributed by atoms with Gasteiger partial charge < -0.3 is 10.4 Å². The van der Waals surface area contributed by atoms with Crippen molar-refractivity contribution < 1.29 is 27.5 Å². The number of halogens is 4. The predicted molar refractivity (Wildman–Crippen MR) is 79.8 cm³/mol. The number of aliphatic hydroxyl groups is 1. The van der Waals surface area contributed by atoms with E-state index in [1.807, 2.05) is 0 Å². The topological polar surface area (TPSA) is 52.6 Å². The summed E-state index contributed by atoms with van der Waals surface area (Å²) in [5.41, 5.74) is 0.850. The van der Waals surface area contributed by atoms with Gasteiger partial charge in [0.05, 0.1) is 6.54 Å². The van der Waals surface area contributed by atoms with Crippen molar-refractivity contribution in [1.82, 2.24) is 10.2 Å². The van der Waals surface area contributed by atoms with Crippen LogP contribution in [0.15, 0.2) is 24.3 Å². The standard InChI is InChI=1S/C16H20F4N2O2/c17-12-5-3-11(4-6-12)7-8-21-14(23)10-22-9-1-2-13(22)15(24)16(18,19)20/h3-6,13,15,24H,1-2,7-10H2,(H,21,23)/t13-,15-/m1/s1. The molecule has 134 valence electrons. The highest BCUT2D eigenvalue weighted by molar-refractivity contribution is 5.78. The van der Waals surface area contributed by atoms with Gasteiger partial charge in [0.1, 0.15) is 5.82 Å². The summed E-state index contributed by atoms with van der Waals surface area (Å²) in [6, 6.07) is 4.79. The number of nitrogens with one attached hydrogen (secondary N) is 1. The molecule has 1 saturated heterocycles. The van der Waals surface area contributed by atoms with Crippen molar-refractivity contribution in [3.63, 3.8) is 0 Å². The number of likely N-dealkylation sites (tertiary alicyclic amines) is 1. The molecule has 8 heteroatoms. The van der Waals surface area contributed by atoms with E-state index < -0.39 is 24.2 Å². The van der Waals surface area contributed by atoms with E-state index in [4.69, 9.17) is 0 Å². The summed E-state index contributed by atoms with van der Waals surface area (Å²) in [6.07, 6.45) is -5.90. The van der Waals surface area contributed by atoms with Gasteiger partial charge in [-0.1, -0.05) is 12.1 Å². The molecule has 0 aliphatic carbocycles. The molecule has 2 N–H and O–H groups in total. The van der Waals surface area contributed by atoms with Gasteiger partial charge in [-0.15, -0.1) is 0 Å². The molecular formula is C16H20F4N2O2. The van der Waals surface area contributed by atoms with Crippen LogP contribution in [-0.4, -0.2) is 53.9 Å². The van der Waals surface area contributed by atoms with Crippen LogP contribution in [0.2, 0.25) is 0 Å². The first-order valence-electron chi connectivity index (χ1n) is 7.77. The highest BCUT2D eigenvalue weighted by Gasteiger charge is 2.47. The lowest BCUT2D eigenvalue weighted by molar-refractivity contribution is -0.219. The summed E-state index contributed by atoms with van der Waals surface area (Å²) in [4.78, 5) is 13.3. The van der Waals surface area contributed by atoms with Crippen LogP contribution >= 0.6 is 0 Å². The van der Waals surface area contributed by atoms with E-state index in [1.54, 1.807) is 12.1 Å². The number of hydrogen-bond acceptors (Lipinski definition) is 3. The lowest BCUT2D eigenvalue weighted by Gasteiger charge is -2.29. The van der Waals surface area contributed by atoms with Gasteiger partial charge in [-0.05, 0) is 43.5 Å². The minimum absolute atomic E-state index is 0.179. The van der Waals surface area contributed by atoms with Crippen molar-refractivity contribution in [3.8, 4) is 0 Å². The molecular weight excluding hydrogens is 328 g/mol. The number of hydrogen-bond donors (Lipinski definition) is 2. The summed E-state index contributed by atoms with van der Waals surface area (Å²) in [5.74, 6) is -0.732. The molecule has 0 saturated carbocycles. The van der Waals surface area contributed by atoms with Crippen LogP contribution in [0.5, 0.6) is 0 Å². The van der Waals surface area contributed by atoms with Crippen molar-refractivity contribution in [2.75, 3.05) is 19.6 Å². The summed E-state index contributed by atoms with van der Waals surface area (Å²) in [5, 5.41) is 12.0. The molecule has 0 bridgehead atoms. The molecule has 2 rings (SSSR count). The van der Waals surface area contributed by atoms with Crippen molar-refractivity contribution in [2.45, 2.75) is 37.6 Å². The SMILES string of the molecule is O=C(CN1CCC[C@@H]1[C@@H](O)C(F)(F)F)NCCc1ccc(F)cc1. The van der Waals surface area contributed by atoms with E-state index in [9.17, 15) is 27.5 Å². The lowest BCUT2D eigenvalue weighted by Crippen LogP contribution is -2.49. The Morgan fingerprint density at radius 1 is 1.33 bits per heavy atom. The molecule has 1 aromatic rings. The Labute approximate surface area is 137 Å². The van der Waals surface area contributed by atoms with E-state index in [1.165, 1.54) is 17.0 Å². The maximum Gasteiger partial charge on any atom is 0.415 e. The Hall–Kier alpha value is -1.67. The molecule has 24 heavy (non-hydrogen) atoms. The van der Waals surface area contributed by atoms with Crippen LogP contribution in [-0.2, 0) is 11.2 Å². The second-order valence-electron chi connectivity index (χ2n) is 5.89. The van der Waals surface area contributed by atoms with Gasteiger partial charge in [-0.25, -0.2) is 4.39 Å². The van der Waals surface area contributed by atoms with Crippen LogP contribution in [0, 0.1) is 5.82 Å². The molecule has 2 atom stereocenters. The summed E-state index contributed by atoms with van der Waals surface area (Å²) in [7, 11) is 0. The Morgan fingerprint density at radius 3 is 2.62 bits per heavy atom. The first-order chi connectivity index (χ1) is 11.3. The van der Waals surface area contributed by atoms with Gasteiger partial charge in [0.15, 0.2) is 6.10 Å². The van der Waals surface area contributed by atoms with E-state index in [2.05, 4.69) is 5.32 Å². The van der Waals surface area contributed by atoms with Gasteiger partial charge in [-0.2, -0.15) is 13.2 Å². The van der Waals surface area contributed by atoms with Crippen molar-refractivity contribution in [1.29, 1.82) is 0 Å². The summed E-state index contributed by atoms with van der Waals surface area (Å²) < 4.78 is 50.7. The third kappa shape index (κ3) is 5.17. The molecule has 1 aliphatic heterocycles. The van der Waals surface area contributed by atoms with Crippen LogP contribution in [0.3, 0.4) is 0 Å². The van der Waals surface area contributed by atoms with Crippen LogP contribution in [0.1, 0.15) is 18.4 Å². The molecule has 1 aliphatic rings. The van der Waals surface area contributed by atoms with Crippen LogP contribution < -0.4 is 5.32 Å². The van der Waals surface area contributed by atoms with Crippen LogP contribution in [0.25, 0.3) is 0 Å². The zero-order valence-corrected chi connectivity index (χ0v) is 13.0. The summed E-state index contributed by atoms with van der Waals surface area (Å²) in [6.45, 7) is 0.481. The third-order valence-corrected chi connectivity index (χ3v) is 4.11. The number of benzene rings is 1. The quantitative estimate of drug-likeness (QED) is 0.772. The first kappa shape index (κ1) is 18.7. The van der Waals surface area contributed by atoms with Gasteiger partial charge in [0.25, 0.3) is 0 Å². The maximum atomic E-state index is 12.8. The van der Waals surface area contributed by atoms with Gasteiger partial charge in [0, 0.05) is 12.6 Å². The number of alkyl halides is 3. The number of carbonyl (C=O) groups is 1. The maximum absolute atomic E-state index is 12.8. The van der Waals surface area contributed by atoms with E-state index >= 15 is 0 Å². The fourth-order valence-electron chi connectivity index (χ4n) is 2.86. The Bertz CT molecular complexity index is 548. The minimum Gasteiger partial charge on any atom is -0.382 e. The van der Waals surface area contributed by atoms with Gasteiger partial charge in [-0.3, -0.25) is 9.69 Å². The zero-order chi connectivity index (χ0) is 17.7. The normalized spacial score (nSPS) is 20.1. The van der Waals surface area contributed by atoms with E-state index in [0.29, 0.717) is 25.9 Å². The molecule has 0 spiro atoms. The minimum atomic E-state index is -4.69. The smallest absolute Gasteiger partial charge is 0.382 e. The molecule has 4 nitrogen and oxygen atoms in total. The highest BCUT2D eigenvalue weighted by atomic mass is 19.4. The molecule has 1 heterocycles. The third-order valence-electron chi connectivity index (χ3n) is 4.11. The molecule has 0 unspecified atom stereocenters. The highest BCUT2D eigenvalue weighted by Crippen LogP contribution is 2.30. The first-order valence-corrected chi connectivity index (χ1v) is 7.77. The second-order valence-corrected chi connectivity index (χ2v) is 5.89. The number of rotatable bonds is 6. The number of nitrogens with zero attached hydrogens (tertiary/aromatic N) is 1. The van der Waals surface area contributed by atoms with Gasteiger partial charge in [0.2, 0.25) is 5.91 Å². The molecule has 0 radical (unpaired) electrons.